The molecule has 1 amide bonds. The number of thiophene rings is 1. The summed E-state index contributed by atoms with van der Waals surface area (Å²) in [5, 5.41) is 6.13. The number of nitrogens with one attached hydrogen (secondary N) is 2. The van der Waals surface area contributed by atoms with E-state index in [1.54, 1.807) is 11.3 Å². The molecule has 1 aromatic rings. The highest BCUT2D eigenvalue weighted by molar-refractivity contribution is 7.12. The summed E-state index contributed by atoms with van der Waals surface area (Å²) in [5.41, 5.74) is 0. The summed E-state index contributed by atoms with van der Waals surface area (Å²) in [6, 6.07) is 4.47. The fourth-order valence-corrected chi connectivity index (χ4v) is 2.40. The smallest absolute Gasteiger partial charge is 0.233 e. The number of carbonyl (C=O) groups excluding carboxylic acids is 1. The van der Waals surface area contributed by atoms with E-state index in [4.69, 9.17) is 0 Å². The van der Waals surface area contributed by atoms with Crippen molar-refractivity contribution in [2.45, 2.75) is 39.7 Å². The highest BCUT2D eigenvalue weighted by Crippen LogP contribution is 2.21. The second kappa shape index (κ2) is 7.45. The Morgan fingerprint density at radius 1 is 1.47 bits per heavy atom. The van der Waals surface area contributed by atoms with Gasteiger partial charge in [-0.15, -0.1) is 11.3 Å². The minimum atomic E-state index is 0.0820. The number of rotatable bonds is 7. The van der Waals surface area contributed by atoms with E-state index in [0.717, 1.165) is 19.4 Å². The maximum Gasteiger partial charge on any atom is 0.233 e. The largest absolute Gasteiger partial charge is 0.355 e. The minimum absolute atomic E-state index is 0.0820. The molecule has 0 fully saturated rings. The van der Waals surface area contributed by atoms with Gasteiger partial charge in [0.25, 0.3) is 0 Å². The van der Waals surface area contributed by atoms with Crippen molar-refractivity contribution >= 4 is 17.2 Å². The van der Waals surface area contributed by atoms with E-state index in [1.807, 2.05) is 0 Å². The van der Waals surface area contributed by atoms with Crippen LogP contribution in [0.5, 0.6) is 0 Å². The number of amides is 1. The predicted octanol–water partition coefficient (Wildman–Crippen LogP) is 2.62. The second-order valence-corrected chi connectivity index (χ2v) is 5.57. The third-order valence-corrected chi connectivity index (χ3v) is 3.79. The van der Waals surface area contributed by atoms with Crippen LogP contribution in [-0.4, -0.2) is 19.0 Å². The molecule has 0 aromatic carbocycles. The van der Waals surface area contributed by atoms with Gasteiger partial charge in [0.15, 0.2) is 0 Å². The second-order valence-electron chi connectivity index (χ2n) is 4.25. The number of hydrogen-bond donors (Lipinski definition) is 2. The van der Waals surface area contributed by atoms with E-state index in [9.17, 15) is 4.79 Å². The third-order valence-electron chi connectivity index (χ3n) is 2.61. The maximum absolute atomic E-state index is 11.5. The van der Waals surface area contributed by atoms with Gasteiger partial charge < -0.3 is 10.6 Å². The first kappa shape index (κ1) is 14.2. The Morgan fingerprint density at radius 2 is 2.24 bits per heavy atom. The van der Waals surface area contributed by atoms with Crippen molar-refractivity contribution in [3.63, 3.8) is 0 Å². The first-order valence-electron chi connectivity index (χ1n) is 6.20. The molecule has 1 atom stereocenters. The van der Waals surface area contributed by atoms with Crippen LogP contribution in [0, 0.1) is 6.92 Å². The molecule has 0 spiro atoms. The molecule has 1 rings (SSSR count). The zero-order valence-electron chi connectivity index (χ0n) is 10.9. The lowest BCUT2D eigenvalue weighted by Crippen LogP contribution is -2.35. The van der Waals surface area contributed by atoms with Crippen LogP contribution in [0.3, 0.4) is 0 Å². The molecule has 4 heteroatoms. The molecule has 0 saturated carbocycles. The van der Waals surface area contributed by atoms with Crippen LogP contribution in [0.15, 0.2) is 12.1 Å². The molecule has 1 aromatic heterocycles. The molecule has 0 bridgehead atoms. The summed E-state index contributed by atoms with van der Waals surface area (Å²) in [6.07, 6.45) is 2.16. The molecule has 1 unspecified atom stereocenters. The van der Waals surface area contributed by atoms with Crippen molar-refractivity contribution < 1.29 is 4.79 Å². The molecular formula is C13H22N2OS. The van der Waals surface area contributed by atoms with Gasteiger partial charge in [-0.05, 0) is 32.4 Å². The average Bonchev–Trinajstić information content (AvgIpc) is 2.73. The Hall–Kier alpha value is -0.870. The van der Waals surface area contributed by atoms with Gasteiger partial charge in [0.1, 0.15) is 0 Å². The van der Waals surface area contributed by atoms with Gasteiger partial charge in [-0.25, -0.2) is 0 Å². The summed E-state index contributed by atoms with van der Waals surface area (Å²) < 4.78 is 0. The lowest BCUT2D eigenvalue weighted by Gasteiger charge is -2.12. The molecule has 0 aliphatic heterocycles. The highest BCUT2D eigenvalue weighted by atomic mass is 32.1. The van der Waals surface area contributed by atoms with E-state index < -0.39 is 0 Å². The standard InChI is InChI=1S/C13H22N2OS/c1-4-5-8-14-13(16)9-15-11(3)12-7-6-10(2)17-12/h6-7,11,15H,4-5,8-9H2,1-3H3,(H,14,16). The average molecular weight is 254 g/mol. The lowest BCUT2D eigenvalue weighted by atomic mass is 10.2. The van der Waals surface area contributed by atoms with Crippen LogP contribution in [-0.2, 0) is 4.79 Å². The van der Waals surface area contributed by atoms with Gasteiger partial charge in [-0.3, -0.25) is 4.79 Å². The van der Waals surface area contributed by atoms with Crippen LogP contribution in [0.4, 0.5) is 0 Å². The summed E-state index contributed by atoms with van der Waals surface area (Å²) >= 11 is 1.77. The summed E-state index contributed by atoms with van der Waals surface area (Å²) in [4.78, 5) is 14.1. The van der Waals surface area contributed by atoms with Crippen LogP contribution in [0.25, 0.3) is 0 Å². The molecule has 3 nitrogen and oxygen atoms in total. The van der Waals surface area contributed by atoms with Crippen molar-refractivity contribution in [3.8, 4) is 0 Å². The van der Waals surface area contributed by atoms with Gasteiger partial charge in [-0.1, -0.05) is 13.3 Å². The van der Waals surface area contributed by atoms with E-state index in [2.05, 4.69) is 43.5 Å². The van der Waals surface area contributed by atoms with Crippen molar-refractivity contribution in [3.05, 3.63) is 21.9 Å². The quantitative estimate of drug-likeness (QED) is 0.734. The Bertz CT molecular complexity index is 349. The number of aryl methyl sites for hydroxylation is 1. The SMILES string of the molecule is CCCCNC(=O)CNC(C)c1ccc(C)s1. The van der Waals surface area contributed by atoms with E-state index in [-0.39, 0.29) is 11.9 Å². The first-order valence-corrected chi connectivity index (χ1v) is 7.01. The Balaban J connectivity index is 2.23. The molecule has 0 aliphatic carbocycles. The third kappa shape index (κ3) is 5.33. The summed E-state index contributed by atoms with van der Waals surface area (Å²) in [6.45, 7) is 7.47. The molecule has 0 aliphatic rings. The van der Waals surface area contributed by atoms with Crippen molar-refractivity contribution in [1.82, 2.24) is 10.6 Å². The fraction of sp³-hybridized carbons (Fsp3) is 0.615. The van der Waals surface area contributed by atoms with Crippen molar-refractivity contribution in [2.24, 2.45) is 0 Å². The Kier molecular flexibility index (Phi) is 6.22. The van der Waals surface area contributed by atoms with Crippen molar-refractivity contribution in [1.29, 1.82) is 0 Å². The van der Waals surface area contributed by atoms with Gasteiger partial charge >= 0.3 is 0 Å². The fourth-order valence-electron chi connectivity index (χ4n) is 1.50. The van der Waals surface area contributed by atoms with Crippen LogP contribution < -0.4 is 10.6 Å². The van der Waals surface area contributed by atoms with Crippen molar-refractivity contribution in [2.75, 3.05) is 13.1 Å². The minimum Gasteiger partial charge on any atom is -0.355 e. The zero-order chi connectivity index (χ0) is 12.7. The summed E-state index contributed by atoms with van der Waals surface area (Å²) in [7, 11) is 0. The number of hydrogen-bond acceptors (Lipinski definition) is 3. The first-order chi connectivity index (χ1) is 8.13. The topological polar surface area (TPSA) is 41.1 Å². The predicted molar refractivity (Wildman–Crippen MR) is 73.4 cm³/mol. The zero-order valence-corrected chi connectivity index (χ0v) is 11.7. The molecule has 2 N–H and O–H groups in total. The Morgan fingerprint density at radius 3 is 2.82 bits per heavy atom. The molecule has 96 valence electrons. The normalized spacial score (nSPS) is 12.4. The molecule has 0 radical (unpaired) electrons. The maximum atomic E-state index is 11.5. The Labute approximate surface area is 108 Å². The van der Waals surface area contributed by atoms with E-state index in [1.165, 1.54) is 9.75 Å². The molecule has 1 heterocycles. The monoisotopic (exact) mass is 254 g/mol. The van der Waals surface area contributed by atoms with Crippen LogP contribution in [0.2, 0.25) is 0 Å². The lowest BCUT2D eigenvalue weighted by molar-refractivity contribution is -0.120. The van der Waals surface area contributed by atoms with E-state index >= 15 is 0 Å². The van der Waals surface area contributed by atoms with Gasteiger partial charge in [0.2, 0.25) is 5.91 Å². The molecule has 0 saturated heterocycles. The number of unbranched alkanes of at least 4 members (excludes halogenated alkanes) is 1. The summed E-state index contributed by atoms with van der Waals surface area (Å²) in [5.74, 6) is 0.0820. The number of carbonyl (C=O) groups is 1. The van der Waals surface area contributed by atoms with Gasteiger partial charge in [0.05, 0.1) is 6.54 Å². The highest BCUT2D eigenvalue weighted by Gasteiger charge is 2.08. The van der Waals surface area contributed by atoms with Gasteiger partial charge in [0, 0.05) is 22.3 Å². The molecular weight excluding hydrogens is 232 g/mol. The van der Waals surface area contributed by atoms with E-state index in [0.29, 0.717) is 6.54 Å². The molecule has 17 heavy (non-hydrogen) atoms. The van der Waals surface area contributed by atoms with Crippen LogP contribution in [0.1, 0.15) is 42.5 Å². The van der Waals surface area contributed by atoms with Crippen LogP contribution >= 0.6 is 11.3 Å². The van der Waals surface area contributed by atoms with Gasteiger partial charge in [-0.2, -0.15) is 0 Å².